The largest absolute Gasteiger partial charge is 0.481 e. The van der Waals surface area contributed by atoms with Gasteiger partial charge in [-0.3, -0.25) is 4.79 Å². The minimum absolute atomic E-state index is 0.249. The maximum Gasteiger partial charge on any atom is 0.306 e. The zero-order chi connectivity index (χ0) is 15.5. The topological polar surface area (TPSA) is 83.5 Å². The second-order valence-corrected chi connectivity index (χ2v) is 7.23. The quantitative estimate of drug-likeness (QED) is 0.873. The first kappa shape index (κ1) is 16.0. The van der Waals surface area contributed by atoms with E-state index in [1.165, 1.54) is 0 Å². The second-order valence-electron chi connectivity index (χ2n) is 5.52. The minimum atomic E-state index is -3.58. The molecule has 1 aliphatic carbocycles. The van der Waals surface area contributed by atoms with Crippen LogP contribution in [-0.2, 0) is 21.2 Å². The van der Waals surface area contributed by atoms with Gasteiger partial charge in [-0.2, -0.15) is 0 Å². The van der Waals surface area contributed by atoms with Crippen LogP contribution in [0.3, 0.4) is 0 Å². The molecule has 1 saturated carbocycles. The zero-order valence-corrected chi connectivity index (χ0v) is 12.9. The molecule has 5 nitrogen and oxygen atoms in total. The summed E-state index contributed by atoms with van der Waals surface area (Å²) in [7, 11) is -3.58. The van der Waals surface area contributed by atoms with Gasteiger partial charge in [0.2, 0.25) is 10.0 Å². The lowest BCUT2D eigenvalue weighted by Crippen LogP contribution is -2.39. The summed E-state index contributed by atoms with van der Waals surface area (Å²) in [4.78, 5) is 11.3. The van der Waals surface area contributed by atoms with Gasteiger partial charge in [-0.25, -0.2) is 13.1 Å². The van der Waals surface area contributed by atoms with Gasteiger partial charge >= 0.3 is 5.97 Å². The molecule has 116 valence electrons. The molecule has 2 N–H and O–H groups in total. The smallest absolute Gasteiger partial charge is 0.306 e. The van der Waals surface area contributed by atoms with Gasteiger partial charge in [0.05, 0.1) is 10.8 Å². The van der Waals surface area contributed by atoms with Crippen LogP contribution in [0.4, 0.5) is 0 Å². The van der Waals surface area contributed by atoms with Crippen molar-refractivity contribution in [2.75, 3.05) is 0 Å². The lowest BCUT2D eigenvalue weighted by atomic mass is 9.86. The number of nitrogens with one attached hydrogen (secondary N) is 1. The number of carboxylic acid groups (broad SMARTS) is 1. The van der Waals surface area contributed by atoms with Gasteiger partial charge in [-0.1, -0.05) is 25.5 Å². The molecule has 1 fully saturated rings. The van der Waals surface area contributed by atoms with Crippen molar-refractivity contribution >= 4 is 16.0 Å². The first-order chi connectivity index (χ1) is 9.92. The SMILES string of the molecule is CCc1cccc(S(=O)(=O)N[C@@H]2CCC[C@H](C(=O)O)C2)c1. The highest BCUT2D eigenvalue weighted by molar-refractivity contribution is 7.89. The summed E-state index contributed by atoms with van der Waals surface area (Å²) in [5.41, 5.74) is 0.963. The molecule has 0 unspecified atom stereocenters. The highest BCUT2D eigenvalue weighted by Crippen LogP contribution is 2.25. The van der Waals surface area contributed by atoms with Gasteiger partial charge in [0, 0.05) is 6.04 Å². The van der Waals surface area contributed by atoms with Crippen LogP contribution in [0.1, 0.15) is 38.2 Å². The Labute approximate surface area is 125 Å². The van der Waals surface area contributed by atoms with Crippen molar-refractivity contribution in [1.82, 2.24) is 4.72 Å². The molecule has 1 aromatic carbocycles. The Morgan fingerprint density at radius 1 is 1.38 bits per heavy atom. The van der Waals surface area contributed by atoms with Crippen LogP contribution in [0.15, 0.2) is 29.2 Å². The summed E-state index contributed by atoms with van der Waals surface area (Å²) >= 11 is 0. The summed E-state index contributed by atoms with van der Waals surface area (Å²) in [6.07, 6.45) is 3.18. The Balaban J connectivity index is 2.11. The number of aryl methyl sites for hydroxylation is 1. The summed E-state index contributed by atoms with van der Waals surface area (Å²) in [6, 6.07) is 6.56. The second kappa shape index (κ2) is 6.58. The first-order valence-electron chi connectivity index (χ1n) is 7.26. The Morgan fingerprint density at radius 3 is 2.81 bits per heavy atom. The number of carboxylic acids is 1. The van der Waals surface area contributed by atoms with Crippen molar-refractivity contribution in [3.63, 3.8) is 0 Å². The molecule has 0 amide bonds. The van der Waals surface area contributed by atoms with E-state index in [1.54, 1.807) is 18.2 Å². The summed E-state index contributed by atoms with van der Waals surface area (Å²) < 4.78 is 27.4. The molecule has 1 aromatic rings. The molecule has 0 aromatic heterocycles. The van der Waals surface area contributed by atoms with E-state index in [4.69, 9.17) is 5.11 Å². The molecule has 21 heavy (non-hydrogen) atoms. The number of carbonyl (C=O) groups is 1. The third kappa shape index (κ3) is 4.04. The van der Waals surface area contributed by atoms with E-state index in [1.807, 2.05) is 13.0 Å². The lowest BCUT2D eigenvalue weighted by molar-refractivity contribution is -0.143. The number of benzene rings is 1. The predicted molar refractivity (Wildman–Crippen MR) is 79.5 cm³/mol. The van der Waals surface area contributed by atoms with Crippen molar-refractivity contribution < 1.29 is 18.3 Å². The highest BCUT2D eigenvalue weighted by Gasteiger charge is 2.29. The molecule has 2 atom stereocenters. The van der Waals surface area contributed by atoms with Crippen molar-refractivity contribution in [1.29, 1.82) is 0 Å². The highest BCUT2D eigenvalue weighted by atomic mass is 32.2. The molecule has 1 aliphatic rings. The van der Waals surface area contributed by atoms with E-state index in [-0.39, 0.29) is 10.9 Å². The molecule has 0 saturated heterocycles. The number of hydrogen-bond acceptors (Lipinski definition) is 3. The van der Waals surface area contributed by atoms with Gasteiger partial charge in [0.25, 0.3) is 0 Å². The van der Waals surface area contributed by atoms with E-state index in [0.717, 1.165) is 18.4 Å². The van der Waals surface area contributed by atoms with Crippen LogP contribution < -0.4 is 4.72 Å². The standard InChI is InChI=1S/C15H21NO4S/c1-2-11-5-3-8-14(9-11)21(19,20)16-13-7-4-6-12(10-13)15(17)18/h3,5,8-9,12-13,16H,2,4,6-7,10H2,1H3,(H,17,18)/t12-,13+/m0/s1. The molecule has 0 bridgehead atoms. The minimum Gasteiger partial charge on any atom is -0.481 e. The monoisotopic (exact) mass is 311 g/mol. The normalized spacial score (nSPS) is 22.9. The summed E-state index contributed by atoms with van der Waals surface area (Å²) in [5, 5.41) is 9.06. The molecule has 0 spiro atoms. The average Bonchev–Trinajstić information content (AvgIpc) is 2.47. The van der Waals surface area contributed by atoms with Gasteiger partial charge in [0.1, 0.15) is 0 Å². The third-order valence-electron chi connectivity index (χ3n) is 3.96. The van der Waals surface area contributed by atoms with Crippen LogP contribution in [0.5, 0.6) is 0 Å². The third-order valence-corrected chi connectivity index (χ3v) is 5.48. The van der Waals surface area contributed by atoms with E-state index in [2.05, 4.69) is 4.72 Å². The van der Waals surface area contributed by atoms with Crippen molar-refractivity contribution in [3.8, 4) is 0 Å². The summed E-state index contributed by atoms with van der Waals surface area (Å²) in [5.74, 6) is -1.29. The summed E-state index contributed by atoms with van der Waals surface area (Å²) in [6.45, 7) is 1.97. The molecule has 0 aliphatic heterocycles. The maximum absolute atomic E-state index is 12.4. The number of rotatable bonds is 5. The molecule has 0 heterocycles. The number of hydrogen-bond donors (Lipinski definition) is 2. The van der Waals surface area contributed by atoms with Gasteiger partial charge in [-0.15, -0.1) is 0 Å². The molecular weight excluding hydrogens is 290 g/mol. The number of sulfonamides is 1. The Hall–Kier alpha value is -1.40. The number of aliphatic carboxylic acids is 1. The van der Waals surface area contributed by atoms with E-state index < -0.39 is 21.9 Å². The molecule has 6 heteroatoms. The maximum atomic E-state index is 12.4. The van der Waals surface area contributed by atoms with Crippen LogP contribution in [0.25, 0.3) is 0 Å². The van der Waals surface area contributed by atoms with Crippen molar-refractivity contribution in [2.24, 2.45) is 5.92 Å². The van der Waals surface area contributed by atoms with Gasteiger partial charge < -0.3 is 5.11 Å². The Morgan fingerprint density at radius 2 is 2.14 bits per heavy atom. The molecule has 2 rings (SSSR count). The zero-order valence-electron chi connectivity index (χ0n) is 12.1. The van der Waals surface area contributed by atoms with E-state index >= 15 is 0 Å². The predicted octanol–water partition coefficient (Wildman–Crippen LogP) is 2.17. The van der Waals surface area contributed by atoms with Gasteiger partial charge in [-0.05, 0) is 43.4 Å². The molecular formula is C15H21NO4S. The fourth-order valence-electron chi connectivity index (χ4n) is 2.74. The van der Waals surface area contributed by atoms with Crippen LogP contribution in [0, 0.1) is 5.92 Å². The fraction of sp³-hybridized carbons (Fsp3) is 0.533. The van der Waals surface area contributed by atoms with E-state index in [0.29, 0.717) is 19.3 Å². The molecule has 0 radical (unpaired) electrons. The Bertz CT molecular complexity index is 612. The van der Waals surface area contributed by atoms with E-state index in [9.17, 15) is 13.2 Å². The van der Waals surface area contributed by atoms with Crippen molar-refractivity contribution in [3.05, 3.63) is 29.8 Å². The Kier molecular flexibility index (Phi) is 5.00. The van der Waals surface area contributed by atoms with Crippen molar-refractivity contribution in [2.45, 2.75) is 50.0 Å². The fourth-order valence-corrected chi connectivity index (χ4v) is 4.09. The van der Waals surface area contributed by atoms with Gasteiger partial charge in [0.15, 0.2) is 0 Å². The average molecular weight is 311 g/mol. The first-order valence-corrected chi connectivity index (χ1v) is 8.74. The van der Waals surface area contributed by atoms with Crippen LogP contribution >= 0.6 is 0 Å². The van der Waals surface area contributed by atoms with Crippen LogP contribution in [0.2, 0.25) is 0 Å². The van der Waals surface area contributed by atoms with Crippen LogP contribution in [-0.4, -0.2) is 25.5 Å². The lowest BCUT2D eigenvalue weighted by Gasteiger charge is -2.27.